The van der Waals surface area contributed by atoms with Crippen LogP contribution in [0.5, 0.6) is 0 Å². The second kappa shape index (κ2) is 5.82. The molecule has 0 aliphatic carbocycles. The van der Waals surface area contributed by atoms with E-state index in [4.69, 9.17) is 11.6 Å². The molecule has 0 aliphatic heterocycles. The number of alkyl halides is 1. The van der Waals surface area contributed by atoms with E-state index in [0.29, 0.717) is 17.4 Å². The third-order valence-electron chi connectivity index (χ3n) is 2.88. The molecule has 2 aromatic heterocycles. The fourth-order valence-corrected chi connectivity index (χ4v) is 2.05. The first-order chi connectivity index (χ1) is 8.35. The fraction of sp³-hybridized carbons (Fsp3) is 0.545. The van der Waals surface area contributed by atoms with Crippen LogP contribution in [0.1, 0.15) is 19.8 Å². The van der Waals surface area contributed by atoms with E-state index in [0.717, 1.165) is 30.7 Å². The summed E-state index contributed by atoms with van der Waals surface area (Å²) in [6.45, 7) is 3.04. The summed E-state index contributed by atoms with van der Waals surface area (Å²) in [7, 11) is 0. The Bertz CT molecular complexity index is 470. The maximum atomic E-state index is 5.76. The minimum absolute atomic E-state index is 0.570. The highest BCUT2D eigenvalue weighted by Crippen LogP contribution is 2.16. The van der Waals surface area contributed by atoms with Crippen molar-refractivity contribution in [2.45, 2.75) is 19.8 Å². The summed E-state index contributed by atoms with van der Waals surface area (Å²) in [5.41, 5.74) is 1.54. The van der Waals surface area contributed by atoms with Crippen LogP contribution < -0.4 is 5.32 Å². The van der Waals surface area contributed by atoms with Crippen molar-refractivity contribution < 1.29 is 0 Å². The van der Waals surface area contributed by atoms with Crippen molar-refractivity contribution in [3.8, 4) is 0 Å². The zero-order chi connectivity index (χ0) is 12.1. The van der Waals surface area contributed by atoms with Crippen LogP contribution in [-0.2, 0) is 0 Å². The summed E-state index contributed by atoms with van der Waals surface area (Å²) in [5.74, 6) is 2.07. The minimum atomic E-state index is 0.570. The molecule has 0 radical (unpaired) electrons. The van der Waals surface area contributed by atoms with Gasteiger partial charge in [-0.1, -0.05) is 13.3 Å². The number of anilines is 1. The van der Waals surface area contributed by atoms with Crippen molar-refractivity contribution in [2.75, 3.05) is 17.7 Å². The third-order valence-corrected chi connectivity index (χ3v) is 3.09. The molecule has 0 spiro atoms. The number of nitrogens with one attached hydrogen (secondary N) is 2. The summed E-state index contributed by atoms with van der Waals surface area (Å²) < 4.78 is 0. The molecule has 0 aromatic carbocycles. The number of fused-ring (bicyclic) bond motifs is 1. The van der Waals surface area contributed by atoms with Crippen LogP contribution >= 0.6 is 11.6 Å². The van der Waals surface area contributed by atoms with Gasteiger partial charge in [-0.05, 0) is 12.3 Å². The van der Waals surface area contributed by atoms with Crippen molar-refractivity contribution in [2.24, 2.45) is 5.92 Å². The summed E-state index contributed by atoms with van der Waals surface area (Å²) in [6, 6.07) is 0. The Morgan fingerprint density at radius 2 is 2.29 bits per heavy atom. The monoisotopic (exact) mass is 253 g/mol. The van der Waals surface area contributed by atoms with Crippen LogP contribution in [0.3, 0.4) is 0 Å². The predicted octanol–water partition coefficient (Wildman–Crippen LogP) is 2.42. The normalized spacial score (nSPS) is 12.8. The van der Waals surface area contributed by atoms with Crippen molar-refractivity contribution in [3.05, 3.63) is 12.7 Å². The first-order valence-corrected chi connectivity index (χ1v) is 6.32. The third kappa shape index (κ3) is 2.85. The van der Waals surface area contributed by atoms with Crippen molar-refractivity contribution in [1.82, 2.24) is 19.9 Å². The van der Waals surface area contributed by atoms with Gasteiger partial charge in [0.05, 0.1) is 6.33 Å². The van der Waals surface area contributed by atoms with Gasteiger partial charge in [0.25, 0.3) is 0 Å². The van der Waals surface area contributed by atoms with Gasteiger partial charge in [-0.25, -0.2) is 15.0 Å². The second-order valence-corrected chi connectivity index (χ2v) is 4.33. The average Bonchev–Trinajstić information content (AvgIpc) is 2.83. The Kier molecular flexibility index (Phi) is 4.14. The van der Waals surface area contributed by atoms with Crippen LogP contribution in [0, 0.1) is 5.92 Å². The zero-order valence-corrected chi connectivity index (χ0v) is 10.5. The van der Waals surface area contributed by atoms with Crippen LogP contribution in [0.15, 0.2) is 12.7 Å². The SMILES string of the molecule is CCC(CCCl)CNc1ncnc2nc[nH]c12. The van der Waals surface area contributed by atoms with E-state index in [1.807, 2.05) is 0 Å². The first-order valence-electron chi connectivity index (χ1n) is 5.79. The summed E-state index contributed by atoms with van der Waals surface area (Å²) in [5, 5.41) is 3.33. The number of aromatic nitrogens is 4. The van der Waals surface area contributed by atoms with Gasteiger partial charge in [0.15, 0.2) is 11.5 Å². The molecule has 2 rings (SSSR count). The largest absolute Gasteiger partial charge is 0.368 e. The number of aromatic amines is 1. The lowest BCUT2D eigenvalue weighted by molar-refractivity contribution is 0.521. The summed E-state index contributed by atoms with van der Waals surface area (Å²) >= 11 is 5.76. The van der Waals surface area contributed by atoms with Crippen molar-refractivity contribution in [3.63, 3.8) is 0 Å². The standard InChI is InChI=1S/C11H16ClN5/c1-2-8(3-4-12)5-13-10-9-11(15-6-14-9)17-7-16-10/h6-8H,2-5H2,1H3,(H2,13,14,15,16,17). The van der Waals surface area contributed by atoms with E-state index in [-0.39, 0.29) is 0 Å². The van der Waals surface area contributed by atoms with Crippen molar-refractivity contribution in [1.29, 1.82) is 0 Å². The maximum Gasteiger partial charge on any atom is 0.182 e. The Morgan fingerprint density at radius 1 is 1.41 bits per heavy atom. The Hall–Kier alpha value is -1.36. The van der Waals surface area contributed by atoms with Gasteiger partial charge in [-0.3, -0.25) is 0 Å². The molecule has 0 bridgehead atoms. The Labute approximate surface area is 105 Å². The molecule has 17 heavy (non-hydrogen) atoms. The molecule has 2 N–H and O–H groups in total. The zero-order valence-electron chi connectivity index (χ0n) is 9.78. The van der Waals surface area contributed by atoms with Gasteiger partial charge in [0.2, 0.25) is 0 Å². The van der Waals surface area contributed by atoms with Gasteiger partial charge in [-0.15, -0.1) is 11.6 Å². The number of nitrogens with zero attached hydrogens (tertiary/aromatic N) is 3. The quantitative estimate of drug-likeness (QED) is 0.776. The second-order valence-electron chi connectivity index (χ2n) is 3.96. The minimum Gasteiger partial charge on any atom is -0.368 e. The highest BCUT2D eigenvalue weighted by molar-refractivity contribution is 6.17. The lowest BCUT2D eigenvalue weighted by Crippen LogP contribution is -2.15. The van der Waals surface area contributed by atoms with E-state index < -0.39 is 0 Å². The highest BCUT2D eigenvalue weighted by Gasteiger charge is 2.09. The molecule has 1 unspecified atom stereocenters. The lowest BCUT2D eigenvalue weighted by Gasteiger charge is -2.14. The van der Waals surface area contributed by atoms with E-state index in [1.165, 1.54) is 6.33 Å². The summed E-state index contributed by atoms with van der Waals surface area (Å²) in [4.78, 5) is 15.4. The van der Waals surface area contributed by atoms with E-state index in [9.17, 15) is 0 Å². The number of halogens is 1. The molecular formula is C11H16ClN5. The highest BCUT2D eigenvalue weighted by atomic mass is 35.5. The van der Waals surface area contributed by atoms with Gasteiger partial charge in [0.1, 0.15) is 11.8 Å². The first kappa shape index (κ1) is 12.1. The number of H-pyrrole nitrogens is 1. The number of imidazole rings is 1. The summed E-state index contributed by atoms with van der Waals surface area (Å²) in [6.07, 6.45) is 5.27. The molecular weight excluding hydrogens is 238 g/mol. The fourth-order valence-electron chi connectivity index (χ4n) is 1.74. The molecule has 0 saturated carbocycles. The van der Waals surface area contributed by atoms with Gasteiger partial charge in [0, 0.05) is 12.4 Å². The lowest BCUT2D eigenvalue weighted by atomic mass is 10.0. The van der Waals surface area contributed by atoms with Crippen molar-refractivity contribution >= 4 is 28.6 Å². The van der Waals surface area contributed by atoms with E-state index >= 15 is 0 Å². The predicted molar refractivity (Wildman–Crippen MR) is 69.3 cm³/mol. The van der Waals surface area contributed by atoms with Crippen LogP contribution in [-0.4, -0.2) is 32.4 Å². The molecule has 0 amide bonds. The number of hydrogen-bond donors (Lipinski definition) is 2. The van der Waals surface area contributed by atoms with Gasteiger partial charge >= 0.3 is 0 Å². The molecule has 0 aliphatic rings. The molecule has 6 heteroatoms. The van der Waals surface area contributed by atoms with Crippen LogP contribution in [0.25, 0.3) is 11.2 Å². The van der Waals surface area contributed by atoms with Crippen LogP contribution in [0.4, 0.5) is 5.82 Å². The topological polar surface area (TPSA) is 66.5 Å². The molecule has 92 valence electrons. The molecule has 5 nitrogen and oxygen atoms in total. The maximum absolute atomic E-state index is 5.76. The smallest absolute Gasteiger partial charge is 0.182 e. The Morgan fingerprint density at radius 3 is 3.06 bits per heavy atom. The van der Waals surface area contributed by atoms with E-state index in [1.54, 1.807) is 6.33 Å². The molecule has 0 saturated heterocycles. The van der Waals surface area contributed by atoms with E-state index in [2.05, 4.69) is 32.2 Å². The molecule has 0 fully saturated rings. The molecule has 2 aromatic rings. The molecule has 2 heterocycles. The number of rotatable bonds is 6. The average molecular weight is 254 g/mol. The Balaban J connectivity index is 2.05. The van der Waals surface area contributed by atoms with Crippen LogP contribution in [0.2, 0.25) is 0 Å². The van der Waals surface area contributed by atoms with Gasteiger partial charge in [-0.2, -0.15) is 0 Å². The number of hydrogen-bond acceptors (Lipinski definition) is 4. The molecule has 1 atom stereocenters. The van der Waals surface area contributed by atoms with Gasteiger partial charge < -0.3 is 10.3 Å².